The van der Waals surface area contributed by atoms with Crippen molar-refractivity contribution in [2.45, 2.75) is 84.0 Å². The van der Waals surface area contributed by atoms with E-state index in [0.29, 0.717) is 63.4 Å². The zero-order valence-electron chi connectivity index (χ0n) is 29.4. The molecule has 0 amide bonds. The number of allylic oxidation sites excluding steroid dienone is 1. The Hall–Kier alpha value is -3.98. The maximum Gasteiger partial charge on any atom is 0.302 e. The van der Waals surface area contributed by atoms with Crippen molar-refractivity contribution in [1.29, 1.82) is 0 Å². The minimum absolute atomic E-state index is 0.0298. The van der Waals surface area contributed by atoms with Gasteiger partial charge in [0, 0.05) is 54.0 Å². The Morgan fingerprint density at radius 1 is 0.918 bits per heavy atom. The van der Waals surface area contributed by atoms with Crippen molar-refractivity contribution in [1.82, 2.24) is 0 Å². The summed E-state index contributed by atoms with van der Waals surface area (Å²) in [6.45, 7) is 6.16. The number of ketones is 1. The van der Waals surface area contributed by atoms with Gasteiger partial charge in [0.1, 0.15) is 29.1 Å². The quantitative estimate of drug-likeness (QED) is 0.267. The molecule has 2 aromatic carbocycles. The number of methoxy groups -OCH3 is 3. The number of esters is 1. The SMILES string of the molecule is CC(=O)OC1CCC2(C)C(=CCC3C4CCC(=O)C4(C)CCC32)C1.COc1ccc2c(c1)OC1(O)COc3cc(OC)c(OC)cc3C1=C2. The van der Waals surface area contributed by atoms with Gasteiger partial charge < -0.3 is 33.5 Å². The van der Waals surface area contributed by atoms with Crippen LogP contribution in [0.2, 0.25) is 0 Å². The molecule has 8 rings (SSSR count). The molecule has 6 aliphatic rings. The Balaban J connectivity index is 0.000000154. The van der Waals surface area contributed by atoms with Gasteiger partial charge in [-0.1, -0.05) is 25.5 Å². The van der Waals surface area contributed by atoms with Crippen molar-refractivity contribution in [3.8, 4) is 28.7 Å². The Morgan fingerprint density at radius 3 is 2.39 bits per heavy atom. The van der Waals surface area contributed by atoms with Crippen LogP contribution < -0.4 is 23.7 Å². The Morgan fingerprint density at radius 2 is 1.65 bits per heavy atom. The molecular weight excluding hydrogens is 624 g/mol. The highest BCUT2D eigenvalue weighted by Gasteiger charge is 2.58. The van der Waals surface area contributed by atoms with Crippen molar-refractivity contribution in [3.05, 3.63) is 53.1 Å². The molecule has 1 N–H and O–H groups in total. The van der Waals surface area contributed by atoms with Crippen LogP contribution in [0.3, 0.4) is 0 Å². The van der Waals surface area contributed by atoms with Gasteiger partial charge in [0.2, 0.25) is 0 Å². The summed E-state index contributed by atoms with van der Waals surface area (Å²) in [6, 6.07) is 9.00. The standard InChI is InChI=1S/C21H30O3.C19H18O6/c1-13(22)24-15-8-10-20(2)14(12-15)4-5-16-17-6-7-19(23)21(17,3)11-9-18(16)20;1-21-12-5-4-11-6-14-13-8-17(22-2)18(23-3)9-16(13)24-10-19(14,20)25-15(11)7-12/h4,15-18H,5-12H2,1-3H3;4-9,20H,10H2,1-3H3. The number of aliphatic hydroxyl groups is 1. The molecule has 3 fully saturated rings. The van der Waals surface area contributed by atoms with Gasteiger partial charge in [-0.25, -0.2) is 0 Å². The smallest absolute Gasteiger partial charge is 0.302 e. The van der Waals surface area contributed by atoms with Gasteiger partial charge in [-0.2, -0.15) is 0 Å². The van der Waals surface area contributed by atoms with Crippen LogP contribution in [-0.4, -0.2) is 56.7 Å². The van der Waals surface area contributed by atoms with E-state index in [2.05, 4.69) is 19.9 Å². The predicted octanol–water partition coefficient (Wildman–Crippen LogP) is 7.18. The second-order valence-corrected chi connectivity index (χ2v) is 15.0. The molecule has 0 radical (unpaired) electrons. The summed E-state index contributed by atoms with van der Waals surface area (Å²) in [5.41, 5.74) is 3.90. The van der Waals surface area contributed by atoms with Crippen LogP contribution in [0.1, 0.15) is 83.3 Å². The van der Waals surface area contributed by atoms with Crippen LogP contribution in [0.25, 0.3) is 11.6 Å². The van der Waals surface area contributed by atoms with Gasteiger partial charge in [0.05, 0.1) is 21.3 Å². The zero-order chi connectivity index (χ0) is 34.7. The van der Waals surface area contributed by atoms with Gasteiger partial charge in [-0.15, -0.1) is 0 Å². The monoisotopic (exact) mass is 672 g/mol. The van der Waals surface area contributed by atoms with E-state index >= 15 is 0 Å². The third kappa shape index (κ3) is 5.58. The van der Waals surface area contributed by atoms with Crippen LogP contribution in [0.4, 0.5) is 0 Å². The first-order valence-electron chi connectivity index (χ1n) is 17.5. The molecule has 0 spiro atoms. The van der Waals surface area contributed by atoms with Crippen molar-refractivity contribution in [2.75, 3.05) is 27.9 Å². The summed E-state index contributed by atoms with van der Waals surface area (Å²) in [5, 5.41) is 11.0. The molecule has 49 heavy (non-hydrogen) atoms. The van der Waals surface area contributed by atoms with Crippen LogP contribution in [-0.2, 0) is 14.3 Å². The number of hydrogen-bond acceptors (Lipinski definition) is 9. The van der Waals surface area contributed by atoms with Crippen molar-refractivity contribution in [3.63, 3.8) is 0 Å². The number of benzene rings is 2. The number of carbonyl (C=O) groups excluding carboxylic acids is 2. The second kappa shape index (κ2) is 12.4. The lowest BCUT2D eigenvalue weighted by Gasteiger charge is -2.56. The first-order valence-corrected chi connectivity index (χ1v) is 17.5. The highest BCUT2D eigenvalue weighted by Crippen LogP contribution is 2.64. The molecule has 0 saturated heterocycles. The zero-order valence-corrected chi connectivity index (χ0v) is 29.4. The van der Waals surface area contributed by atoms with Crippen molar-refractivity contribution in [2.24, 2.45) is 28.6 Å². The van der Waals surface area contributed by atoms with Crippen LogP contribution >= 0.6 is 0 Å². The Bertz CT molecular complexity index is 1730. The number of fused-ring (bicyclic) bond motifs is 9. The molecule has 3 saturated carbocycles. The highest BCUT2D eigenvalue weighted by molar-refractivity contribution is 5.92. The second-order valence-electron chi connectivity index (χ2n) is 15.0. The minimum atomic E-state index is -1.58. The molecule has 262 valence electrons. The molecular formula is C40H48O9. The van der Waals surface area contributed by atoms with Crippen LogP contribution in [0.15, 0.2) is 42.0 Å². The van der Waals surface area contributed by atoms with Crippen LogP contribution in [0.5, 0.6) is 28.7 Å². The number of Topliss-reactive ketones (excluding diaryl/α,β-unsaturated/α-hetero) is 1. The van der Waals surface area contributed by atoms with E-state index in [4.69, 9.17) is 28.4 Å². The summed E-state index contributed by atoms with van der Waals surface area (Å²) in [6.07, 6.45) is 12.7. The molecule has 0 aromatic heterocycles. The summed E-state index contributed by atoms with van der Waals surface area (Å²) in [4.78, 5) is 23.7. The largest absolute Gasteiger partial charge is 0.497 e. The number of carbonyl (C=O) groups is 2. The predicted molar refractivity (Wildman–Crippen MR) is 184 cm³/mol. The van der Waals surface area contributed by atoms with Crippen molar-refractivity contribution >= 4 is 23.4 Å². The third-order valence-corrected chi connectivity index (χ3v) is 12.5. The fourth-order valence-corrected chi connectivity index (χ4v) is 9.85. The van der Waals surface area contributed by atoms with E-state index in [0.717, 1.165) is 50.5 Å². The first kappa shape index (κ1) is 33.5. The molecule has 7 atom stereocenters. The van der Waals surface area contributed by atoms with Crippen LogP contribution in [0, 0.1) is 28.6 Å². The lowest BCUT2D eigenvalue weighted by Crippen LogP contribution is -2.50. The molecule has 9 heteroatoms. The summed E-state index contributed by atoms with van der Waals surface area (Å²) in [7, 11) is 4.71. The average molecular weight is 673 g/mol. The van der Waals surface area contributed by atoms with E-state index in [1.807, 2.05) is 18.2 Å². The van der Waals surface area contributed by atoms with E-state index in [1.54, 1.807) is 39.5 Å². The molecule has 2 aromatic rings. The number of rotatable bonds is 4. The van der Waals surface area contributed by atoms with E-state index in [9.17, 15) is 14.7 Å². The topological polar surface area (TPSA) is 110 Å². The summed E-state index contributed by atoms with van der Waals surface area (Å²) >= 11 is 0. The lowest BCUT2D eigenvalue weighted by molar-refractivity contribution is -0.148. The van der Waals surface area contributed by atoms with E-state index in [-0.39, 0.29) is 29.5 Å². The van der Waals surface area contributed by atoms with Gasteiger partial charge in [-0.3, -0.25) is 9.59 Å². The van der Waals surface area contributed by atoms with Gasteiger partial charge >= 0.3 is 5.97 Å². The minimum Gasteiger partial charge on any atom is -0.497 e. The van der Waals surface area contributed by atoms with Crippen molar-refractivity contribution < 1.29 is 43.1 Å². The number of hydrogen-bond donors (Lipinski definition) is 1. The lowest BCUT2D eigenvalue weighted by atomic mass is 9.48. The maximum atomic E-state index is 12.4. The highest BCUT2D eigenvalue weighted by atomic mass is 16.7. The molecule has 2 heterocycles. The van der Waals surface area contributed by atoms with Gasteiger partial charge in [0.15, 0.2) is 18.1 Å². The van der Waals surface area contributed by atoms with E-state index < -0.39 is 5.79 Å². The molecule has 7 unspecified atom stereocenters. The maximum absolute atomic E-state index is 12.4. The molecule has 0 bridgehead atoms. The fourth-order valence-electron chi connectivity index (χ4n) is 9.85. The first-order chi connectivity index (χ1) is 23.4. The third-order valence-electron chi connectivity index (χ3n) is 12.5. The summed E-state index contributed by atoms with van der Waals surface area (Å²) in [5.74, 6) is 3.67. The van der Waals surface area contributed by atoms with Gasteiger partial charge in [-0.05, 0) is 86.0 Å². The average Bonchev–Trinajstić information content (AvgIpc) is 3.40. The number of ether oxygens (including phenoxy) is 6. The fraction of sp³-hybridized carbons (Fsp3) is 0.550. The van der Waals surface area contributed by atoms with E-state index in [1.165, 1.54) is 18.9 Å². The summed E-state index contributed by atoms with van der Waals surface area (Å²) < 4.78 is 33.0. The molecule has 2 aliphatic heterocycles. The Kier molecular flexibility index (Phi) is 8.49. The van der Waals surface area contributed by atoms with Gasteiger partial charge in [0.25, 0.3) is 5.79 Å². The molecule has 4 aliphatic carbocycles. The Labute approximate surface area is 288 Å². The normalized spacial score (nSPS) is 33.4. The molecule has 9 nitrogen and oxygen atoms in total.